The lowest BCUT2D eigenvalue weighted by Gasteiger charge is -2.26. The second kappa shape index (κ2) is 6.47. The quantitative estimate of drug-likeness (QED) is 0.812. The molecule has 6 nitrogen and oxygen atoms in total. The number of carbonyl (C=O) groups excluding carboxylic acids is 1. The van der Waals surface area contributed by atoms with Gasteiger partial charge in [-0.05, 0) is 36.5 Å². The molecule has 3 atom stereocenters. The van der Waals surface area contributed by atoms with Gasteiger partial charge in [0, 0.05) is 37.8 Å². The van der Waals surface area contributed by atoms with Crippen molar-refractivity contribution in [1.82, 2.24) is 10.2 Å². The van der Waals surface area contributed by atoms with Gasteiger partial charge in [0.2, 0.25) is 5.91 Å². The number of hydrogen-bond donors (Lipinski definition) is 1. The predicted molar refractivity (Wildman–Crippen MR) is 92.5 cm³/mol. The van der Waals surface area contributed by atoms with Crippen molar-refractivity contribution < 1.29 is 13.6 Å². The summed E-state index contributed by atoms with van der Waals surface area (Å²) >= 11 is 0. The fourth-order valence-electron chi connectivity index (χ4n) is 4.38. The zero-order chi connectivity index (χ0) is 19.2. The van der Waals surface area contributed by atoms with Crippen LogP contribution in [-0.4, -0.2) is 48.8 Å². The summed E-state index contributed by atoms with van der Waals surface area (Å²) in [5.41, 5.74) is 0.991. The number of anilines is 1. The van der Waals surface area contributed by atoms with Gasteiger partial charge in [-0.2, -0.15) is 10.5 Å². The monoisotopic (exact) mass is 371 g/mol. The van der Waals surface area contributed by atoms with Crippen LogP contribution in [0.1, 0.15) is 18.4 Å². The molecule has 1 amide bonds. The number of alkyl halides is 1. The summed E-state index contributed by atoms with van der Waals surface area (Å²) in [5.74, 6) is -2.30. The predicted octanol–water partition coefficient (Wildman–Crippen LogP) is 1.53. The fourth-order valence-corrected chi connectivity index (χ4v) is 4.38. The number of nitriles is 2. The van der Waals surface area contributed by atoms with Crippen LogP contribution < -0.4 is 10.2 Å². The third kappa shape index (κ3) is 3.11. The van der Waals surface area contributed by atoms with E-state index in [0.717, 1.165) is 18.0 Å². The first-order chi connectivity index (χ1) is 12.9. The molecule has 2 unspecified atom stereocenters. The number of nitrogens with zero attached hydrogens (tertiary/aromatic N) is 4. The van der Waals surface area contributed by atoms with E-state index < -0.39 is 11.6 Å². The first kappa shape index (κ1) is 17.7. The van der Waals surface area contributed by atoms with E-state index in [-0.39, 0.29) is 31.5 Å². The molecule has 2 heterocycles. The zero-order valence-corrected chi connectivity index (χ0v) is 14.7. The number of piperidine rings is 1. The highest BCUT2D eigenvalue weighted by Gasteiger charge is 2.56. The molecular weight excluding hydrogens is 352 g/mol. The smallest absolute Gasteiger partial charge is 0.271 e. The molecule has 4 rings (SSSR count). The summed E-state index contributed by atoms with van der Waals surface area (Å²) < 4.78 is 27.9. The molecule has 2 aliphatic heterocycles. The zero-order valence-electron chi connectivity index (χ0n) is 14.7. The molecule has 0 radical (unpaired) electrons. The number of amides is 1. The van der Waals surface area contributed by atoms with Gasteiger partial charge in [0.05, 0.1) is 18.2 Å². The Morgan fingerprint density at radius 3 is 2.70 bits per heavy atom. The summed E-state index contributed by atoms with van der Waals surface area (Å²) in [6.45, 7) is 1.74. The minimum Gasteiger partial charge on any atom is -0.371 e. The van der Waals surface area contributed by atoms with Gasteiger partial charge in [-0.3, -0.25) is 9.69 Å². The van der Waals surface area contributed by atoms with Crippen LogP contribution in [0.5, 0.6) is 0 Å². The Morgan fingerprint density at radius 2 is 2.04 bits per heavy atom. The van der Waals surface area contributed by atoms with Crippen LogP contribution in [0.3, 0.4) is 0 Å². The van der Waals surface area contributed by atoms with Gasteiger partial charge in [0.25, 0.3) is 5.79 Å². The van der Waals surface area contributed by atoms with Crippen molar-refractivity contribution in [3.05, 3.63) is 29.6 Å². The Balaban J connectivity index is 1.30. The summed E-state index contributed by atoms with van der Waals surface area (Å²) in [4.78, 5) is 15.3. The third-order valence-electron chi connectivity index (χ3n) is 5.85. The number of fused-ring (bicyclic) bond motifs is 1. The lowest BCUT2D eigenvalue weighted by atomic mass is 10.2. The summed E-state index contributed by atoms with van der Waals surface area (Å²) in [5, 5.41) is 21.1. The molecular formula is C19H19F2N5O. The van der Waals surface area contributed by atoms with Crippen LogP contribution in [0.2, 0.25) is 0 Å². The Hall–Kier alpha value is -2.71. The normalized spacial score (nSPS) is 31.3. The van der Waals surface area contributed by atoms with E-state index >= 15 is 0 Å². The van der Waals surface area contributed by atoms with Crippen LogP contribution in [0.25, 0.3) is 0 Å². The minimum absolute atomic E-state index is 0.0174. The Bertz CT molecular complexity index is 851. The topological polar surface area (TPSA) is 83.2 Å². The average molecular weight is 371 g/mol. The van der Waals surface area contributed by atoms with E-state index in [4.69, 9.17) is 10.5 Å². The molecule has 1 aromatic rings. The van der Waals surface area contributed by atoms with Gasteiger partial charge in [0.15, 0.2) is 0 Å². The number of hydrogen-bond acceptors (Lipinski definition) is 5. The maximum Gasteiger partial charge on any atom is 0.271 e. The minimum atomic E-state index is -2.18. The molecule has 1 N–H and O–H groups in total. The van der Waals surface area contributed by atoms with Crippen LogP contribution in [0.15, 0.2) is 18.2 Å². The maximum atomic E-state index is 14.3. The molecule has 1 aliphatic carbocycles. The Labute approximate surface area is 156 Å². The Morgan fingerprint density at radius 1 is 1.30 bits per heavy atom. The van der Waals surface area contributed by atoms with Gasteiger partial charge < -0.3 is 10.2 Å². The number of benzene rings is 1. The first-order valence-electron chi connectivity index (χ1n) is 9.05. The second-order valence-electron chi connectivity index (χ2n) is 7.47. The van der Waals surface area contributed by atoms with Gasteiger partial charge in [0.1, 0.15) is 11.9 Å². The molecule has 1 aromatic carbocycles. The van der Waals surface area contributed by atoms with E-state index in [1.807, 2.05) is 11.0 Å². The van der Waals surface area contributed by atoms with Gasteiger partial charge >= 0.3 is 0 Å². The van der Waals surface area contributed by atoms with E-state index in [1.165, 1.54) is 12.1 Å². The number of rotatable bonds is 4. The maximum absolute atomic E-state index is 14.3. The van der Waals surface area contributed by atoms with E-state index in [1.54, 1.807) is 12.1 Å². The molecule has 3 fully saturated rings. The Kier molecular flexibility index (Phi) is 4.24. The molecule has 0 spiro atoms. The molecule has 2 saturated heterocycles. The molecule has 140 valence electrons. The number of nitrogens with one attached hydrogen (secondary N) is 1. The van der Waals surface area contributed by atoms with E-state index in [2.05, 4.69) is 5.32 Å². The third-order valence-corrected chi connectivity index (χ3v) is 5.85. The molecule has 0 aromatic heterocycles. The highest BCUT2D eigenvalue weighted by atomic mass is 19.1. The molecule has 3 aliphatic rings. The van der Waals surface area contributed by atoms with Crippen molar-refractivity contribution in [2.45, 2.75) is 24.7 Å². The second-order valence-corrected chi connectivity index (χ2v) is 7.47. The number of carbonyl (C=O) groups is 1. The van der Waals surface area contributed by atoms with Crippen molar-refractivity contribution in [3.63, 3.8) is 0 Å². The number of halogens is 2. The lowest BCUT2D eigenvalue weighted by Crippen LogP contribution is -2.47. The SMILES string of the molecule is N#Cc1cc(F)cc(N2CC3C(C2)C3NCC(=O)N2CCC[C@]2(F)C#N)c1. The van der Waals surface area contributed by atoms with E-state index in [0.29, 0.717) is 29.5 Å². The van der Waals surface area contributed by atoms with Gasteiger partial charge in [-0.15, -0.1) is 0 Å². The van der Waals surface area contributed by atoms with Crippen LogP contribution in [-0.2, 0) is 4.79 Å². The van der Waals surface area contributed by atoms with Gasteiger partial charge in [-0.25, -0.2) is 8.78 Å². The van der Waals surface area contributed by atoms with Gasteiger partial charge in [-0.1, -0.05) is 0 Å². The van der Waals surface area contributed by atoms with Crippen LogP contribution in [0, 0.1) is 40.3 Å². The van der Waals surface area contributed by atoms with Crippen molar-refractivity contribution in [2.24, 2.45) is 11.8 Å². The highest BCUT2D eigenvalue weighted by molar-refractivity contribution is 5.79. The van der Waals surface area contributed by atoms with Crippen LogP contribution >= 0.6 is 0 Å². The first-order valence-corrected chi connectivity index (χ1v) is 9.05. The molecule has 27 heavy (non-hydrogen) atoms. The standard InChI is InChI=1S/C19H19F2N5O/c20-13-4-12(7-22)5-14(6-13)25-9-15-16(10-25)18(15)24-8-17(27)26-3-1-2-19(26,21)11-23/h4-6,15-16,18,24H,1-3,8-10H2/t15?,16?,18?,19-/m1/s1. The number of likely N-dealkylation sites (tertiary alicyclic amines) is 1. The lowest BCUT2D eigenvalue weighted by molar-refractivity contribution is -0.137. The molecule has 1 saturated carbocycles. The van der Waals surface area contributed by atoms with Crippen molar-refractivity contribution in [1.29, 1.82) is 10.5 Å². The molecule has 8 heteroatoms. The fraction of sp³-hybridized carbons (Fsp3) is 0.526. The average Bonchev–Trinajstić information content (AvgIpc) is 3.00. The van der Waals surface area contributed by atoms with Crippen molar-refractivity contribution >= 4 is 11.6 Å². The largest absolute Gasteiger partial charge is 0.371 e. The summed E-state index contributed by atoms with van der Waals surface area (Å²) in [6.07, 6.45) is 0.564. The summed E-state index contributed by atoms with van der Waals surface area (Å²) in [6, 6.07) is 8.05. The van der Waals surface area contributed by atoms with Crippen LogP contribution in [0.4, 0.5) is 14.5 Å². The highest BCUT2D eigenvalue weighted by Crippen LogP contribution is 2.47. The van der Waals surface area contributed by atoms with Crippen molar-refractivity contribution in [2.75, 3.05) is 31.1 Å². The van der Waals surface area contributed by atoms with E-state index in [9.17, 15) is 13.6 Å². The summed E-state index contributed by atoms with van der Waals surface area (Å²) in [7, 11) is 0. The molecule has 0 bridgehead atoms. The van der Waals surface area contributed by atoms with Crippen molar-refractivity contribution in [3.8, 4) is 12.1 Å².